The van der Waals surface area contributed by atoms with Crippen molar-refractivity contribution in [3.8, 4) is 0 Å². The standard InChI is InChI=1S/C17H22O3/c1-4-17(5-2,6-3)20-16(19)14-11-12-9-7-8-10-13(12)15(14)18/h7-10,14H,4-6,11H2,1-3H3. The minimum atomic E-state index is -0.656. The molecule has 1 aromatic rings. The molecule has 3 nitrogen and oxygen atoms in total. The summed E-state index contributed by atoms with van der Waals surface area (Å²) in [4.78, 5) is 24.7. The van der Waals surface area contributed by atoms with Gasteiger partial charge in [-0.15, -0.1) is 0 Å². The van der Waals surface area contributed by atoms with Crippen LogP contribution in [0, 0.1) is 5.92 Å². The zero-order valence-electron chi connectivity index (χ0n) is 12.4. The van der Waals surface area contributed by atoms with Gasteiger partial charge in [0.25, 0.3) is 0 Å². The molecular formula is C17H22O3. The monoisotopic (exact) mass is 274 g/mol. The van der Waals surface area contributed by atoms with Crippen LogP contribution in [0.15, 0.2) is 24.3 Å². The van der Waals surface area contributed by atoms with Gasteiger partial charge < -0.3 is 4.74 Å². The number of hydrogen-bond donors (Lipinski definition) is 0. The number of benzene rings is 1. The third-order valence-corrected chi connectivity index (χ3v) is 4.56. The second-order valence-electron chi connectivity index (χ2n) is 5.44. The van der Waals surface area contributed by atoms with Crippen LogP contribution in [0.25, 0.3) is 0 Å². The van der Waals surface area contributed by atoms with E-state index in [2.05, 4.69) is 0 Å². The molecule has 1 unspecified atom stereocenters. The van der Waals surface area contributed by atoms with Crippen LogP contribution in [0.5, 0.6) is 0 Å². The van der Waals surface area contributed by atoms with Crippen molar-refractivity contribution in [2.24, 2.45) is 5.92 Å². The highest BCUT2D eigenvalue weighted by molar-refractivity contribution is 6.12. The maximum Gasteiger partial charge on any atom is 0.317 e. The summed E-state index contributed by atoms with van der Waals surface area (Å²) >= 11 is 0. The molecule has 0 amide bonds. The van der Waals surface area contributed by atoms with E-state index in [0.717, 1.165) is 24.8 Å². The zero-order valence-corrected chi connectivity index (χ0v) is 12.4. The van der Waals surface area contributed by atoms with Crippen molar-refractivity contribution >= 4 is 11.8 Å². The molecule has 1 atom stereocenters. The molecule has 0 N–H and O–H groups in total. The molecule has 0 heterocycles. The van der Waals surface area contributed by atoms with Crippen molar-refractivity contribution in [1.82, 2.24) is 0 Å². The van der Waals surface area contributed by atoms with Crippen molar-refractivity contribution in [3.05, 3.63) is 35.4 Å². The fourth-order valence-electron chi connectivity index (χ4n) is 2.88. The molecule has 0 aromatic heterocycles. The van der Waals surface area contributed by atoms with E-state index in [4.69, 9.17) is 4.74 Å². The molecule has 0 radical (unpaired) electrons. The number of Topliss-reactive ketones (excluding diaryl/α,β-unsaturated/α-hetero) is 1. The Labute approximate surface area is 120 Å². The Kier molecular flexibility index (Phi) is 4.26. The number of rotatable bonds is 5. The van der Waals surface area contributed by atoms with Gasteiger partial charge in [0.2, 0.25) is 0 Å². The molecule has 0 fully saturated rings. The molecule has 0 spiro atoms. The van der Waals surface area contributed by atoms with Gasteiger partial charge in [0, 0.05) is 5.56 Å². The molecule has 20 heavy (non-hydrogen) atoms. The highest BCUT2D eigenvalue weighted by Crippen LogP contribution is 2.31. The van der Waals surface area contributed by atoms with Gasteiger partial charge in [0.05, 0.1) is 0 Å². The largest absolute Gasteiger partial charge is 0.459 e. The number of carbonyl (C=O) groups is 2. The van der Waals surface area contributed by atoms with E-state index in [9.17, 15) is 9.59 Å². The molecule has 108 valence electrons. The van der Waals surface area contributed by atoms with E-state index < -0.39 is 11.5 Å². The maximum atomic E-state index is 12.4. The predicted octanol–water partition coefficient (Wildman–Crippen LogP) is 3.55. The topological polar surface area (TPSA) is 43.4 Å². The lowest BCUT2D eigenvalue weighted by Crippen LogP contribution is -2.37. The quantitative estimate of drug-likeness (QED) is 0.609. The van der Waals surface area contributed by atoms with Gasteiger partial charge in [0.1, 0.15) is 11.5 Å². The van der Waals surface area contributed by atoms with Gasteiger partial charge in [-0.25, -0.2) is 0 Å². The first-order valence-electron chi connectivity index (χ1n) is 7.41. The van der Waals surface area contributed by atoms with Gasteiger partial charge >= 0.3 is 5.97 Å². The van der Waals surface area contributed by atoms with Crippen LogP contribution in [-0.4, -0.2) is 17.4 Å². The highest BCUT2D eigenvalue weighted by atomic mass is 16.6. The number of esters is 1. The summed E-state index contributed by atoms with van der Waals surface area (Å²) in [6.07, 6.45) is 2.81. The maximum absolute atomic E-state index is 12.4. The lowest BCUT2D eigenvalue weighted by atomic mass is 9.93. The Morgan fingerprint density at radius 1 is 1.20 bits per heavy atom. The number of carbonyl (C=O) groups excluding carboxylic acids is 2. The number of ketones is 1. The number of ether oxygens (including phenoxy) is 1. The van der Waals surface area contributed by atoms with Crippen molar-refractivity contribution in [2.45, 2.75) is 52.1 Å². The first-order valence-corrected chi connectivity index (χ1v) is 7.41. The second-order valence-corrected chi connectivity index (χ2v) is 5.44. The van der Waals surface area contributed by atoms with Crippen LogP contribution < -0.4 is 0 Å². The normalized spacial score (nSPS) is 17.9. The minimum Gasteiger partial charge on any atom is -0.459 e. The summed E-state index contributed by atoms with van der Waals surface area (Å²) in [5, 5.41) is 0. The van der Waals surface area contributed by atoms with Crippen molar-refractivity contribution in [1.29, 1.82) is 0 Å². The first kappa shape index (κ1) is 14.8. The average molecular weight is 274 g/mol. The minimum absolute atomic E-state index is 0.0946. The van der Waals surface area contributed by atoms with Crippen molar-refractivity contribution in [3.63, 3.8) is 0 Å². The fraction of sp³-hybridized carbons (Fsp3) is 0.529. The lowest BCUT2D eigenvalue weighted by molar-refractivity contribution is -0.164. The molecule has 0 bridgehead atoms. The lowest BCUT2D eigenvalue weighted by Gasteiger charge is -2.31. The molecule has 3 heteroatoms. The molecule has 0 saturated carbocycles. The SMILES string of the molecule is CCC(CC)(CC)OC(=O)C1Cc2ccccc2C1=O. The highest BCUT2D eigenvalue weighted by Gasteiger charge is 2.40. The first-order chi connectivity index (χ1) is 9.56. The summed E-state index contributed by atoms with van der Waals surface area (Å²) in [5.41, 5.74) is 1.20. The van der Waals surface area contributed by atoms with Crippen LogP contribution in [-0.2, 0) is 16.0 Å². The molecule has 0 aliphatic heterocycles. The molecule has 2 rings (SSSR count). The van der Waals surface area contributed by atoms with Crippen LogP contribution >= 0.6 is 0 Å². The van der Waals surface area contributed by atoms with Gasteiger partial charge in [-0.3, -0.25) is 9.59 Å². The second kappa shape index (κ2) is 5.78. The molecule has 1 aromatic carbocycles. The molecular weight excluding hydrogens is 252 g/mol. The van der Waals surface area contributed by atoms with E-state index in [1.165, 1.54) is 0 Å². The Hall–Kier alpha value is -1.64. The third-order valence-electron chi connectivity index (χ3n) is 4.56. The van der Waals surface area contributed by atoms with Crippen LogP contribution in [0.1, 0.15) is 56.0 Å². The van der Waals surface area contributed by atoms with Crippen molar-refractivity contribution < 1.29 is 14.3 Å². The van der Waals surface area contributed by atoms with Crippen LogP contribution in [0.3, 0.4) is 0 Å². The zero-order chi connectivity index (χ0) is 14.8. The Morgan fingerprint density at radius 2 is 1.80 bits per heavy atom. The van der Waals surface area contributed by atoms with Gasteiger partial charge in [-0.1, -0.05) is 45.0 Å². The van der Waals surface area contributed by atoms with E-state index >= 15 is 0 Å². The third kappa shape index (κ3) is 2.49. The molecule has 1 aliphatic rings. The molecule has 1 aliphatic carbocycles. The number of hydrogen-bond acceptors (Lipinski definition) is 3. The van der Waals surface area contributed by atoms with Crippen LogP contribution in [0.4, 0.5) is 0 Å². The van der Waals surface area contributed by atoms with Gasteiger partial charge in [-0.05, 0) is 31.2 Å². The van der Waals surface area contributed by atoms with E-state index in [0.29, 0.717) is 12.0 Å². The van der Waals surface area contributed by atoms with E-state index in [1.54, 1.807) is 6.07 Å². The van der Waals surface area contributed by atoms with Gasteiger partial charge in [0.15, 0.2) is 5.78 Å². The van der Waals surface area contributed by atoms with Crippen molar-refractivity contribution in [2.75, 3.05) is 0 Å². The van der Waals surface area contributed by atoms with Crippen LogP contribution in [0.2, 0.25) is 0 Å². The summed E-state index contributed by atoms with van der Waals surface area (Å²) in [5.74, 6) is -1.11. The average Bonchev–Trinajstić information content (AvgIpc) is 2.83. The van der Waals surface area contributed by atoms with Gasteiger partial charge in [-0.2, -0.15) is 0 Å². The Balaban J connectivity index is 2.15. The summed E-state index contributed by atoms with van der Waals surface area (Å²) in [6.45, 7) is 6.06. The summed E-state index contributed by atoms with van der Waals surface area (Å²) < 4.78 is 5.71. The molecule has 0 saturated heterocycles. The Morgan fingerprint density at radius 3 is 2.35 bits per heavy atom. The fourth-order valence-corrected chi connectivity index (χ4v) is 2.88. The summed E-state index contributed by atoms with van der Waals surface area (Å²) in [7, 11) is 0. The van der Waals surface area contributed by atoms with E-state index in [1.807, 2.05) is 39.0 Å². The summed E-state index contributed by atoms with van der Waals surface area (Å²) in [6, 6.07) is 7.43. The number of fused-ring (bicyclic) bond motifs is 1. The smallest absolute Gasteiger partial charge is 0.317 e. The Bertz CT molecular complexity index is 506. The van der Waals surface area contributed by atoms with E-state index in [-0.39, 0.29) is 11.8 Å². The predicted molar refractivity (Wildman–Crippen MR) is 77.7 cm³/mol.